The molecule has 3 aromatic rings. The standard InChI is InChI=1S/C28H31ClN2O2/c1-28(2,3)30-27(33)25(18-21-12-6-4-7-13-21)31(20-22-14-8-5-9-15-22)26(32)19-23-16-10-11-17-24(23)29/h4-17,25H,18-20H2,1-3H3,(H,30,33)/t25-/m1/s1. The summed E-state index contributed by atoms with van der Waals surface area (Å²) in [6.45, 7) is 6.16. The first-order valence-corrected chi connectivity index (χ1v) is 11.5. The van der Waals surface area contributed by atoms with E-state index in [9.17, 15) is 9.59 Å². The highest BCUT2D eigenvalue weighted by Crippen LogP contribution is 2.20. The third kappa shape index (κ3) is 7.47. The Labute approximate surface area is 201 Å². The topological polar surface area (TPSA) is 49.4 Å². The Morgan fingerprint density at radius 2 is 1.39 bits per heavy atom. The van der Waals surface area contributed by atoms with Crippen LogP contribution in [0, 0.1) is 0 Å². The molecule has 1 N–H and O–H groups in total. The van der Waals surface area contributed by atoms with E-state index in [1.165, 1.54) is 0 Å². The lowest BCUT2D eigenvalue weighted by Crippen LogP contribution is -2.54. The molecule has 0 saturated heterocycles. The van der Waals surface area contributed by atoms with Crippen molar-refractivity contribution in [3.05, 3.63) is 107 Å². The van der Waals surface area contributed by atoms with Crippen molar-refractivity contribution in [2.45, 2.75) is 51.7 Å². The summed E-state index contributed by atoms with van der Waals surface area (Å²) in [5.41, 5.74) is 2.29. The second-order valence-electron chi connectivity index (χ2n) is 9.22. The van der Waals surface area contributed by atoms with E-state index in [2.05, 4.69) is 5.32 Å². The molecular formula is C28H31ClN2O2. The molecule has 0 unspecified atom stereocenters. The van der Waals surface area contributed by atoms with E-state index in [1.54, 1.807) is 11.0 Å². The van der Waals surface area contributed by atoms with Gasteiger partial charge in [-0.15, -0.1) is 0 Å². The molecule has 0 bridgehead atoms. The Morgan fingerprint density at radius 1 is 0.848 bits per heavy atom. The summed E-state index contributed by atoms with van der Waals surface area (Å²) in [4.78, 5) is 28.8. The van der Waals surface area contributed by atoms with Crippen molar-refractivity contribution in [3.8, 4) is 0 Å². The van der Waals surface area contributed by atoms with Crippen LogP contribution < -0.4 is 5.32 Å². The highest BCUT2D eigenvalue weighted by molar-refractivity contribution is 6.31. The molecule has 0 aliphatic rings. The van der Waals surface area contributed by atoms with Gasteiger partial charge >= 0.3 is 0 Å². The molecule has 0 aromatic heterocycles. The molecule has 0 aliphatic heterocycles. The van der Waals surface area contributed by atoms with Crippen molar-refractivity contribution in [2.24, 2.45) is 0 Å². The molecule has 3 aromatic carbocycles. The lowest BCUT2D eigenvalue weighted by Gasteiger charge is -2.34. The van der Waals surface area contributed by atoms with Crippen LogP contribution in [0.15, 0.2) is 84.9 Å². The Morgan fingerprint density at radius 3 is 1.97 bits per heavy atom. The monoisotopic (exact) mass is 462 g/mol. The molecule has 0 spiro atoms. The number of halogens is 1. The first-order chi connectivity index (χ1) is 15.7. The average molecular weight is 463 g/mol. The van der Waals surface area contributed by atoms with Crippen LogP contribution in [0.3, 0.4) is 0 Å². The molecule has 0 radical (unpaired) electrons. The number of benzene rings is 3. The second-order valence-corrected chi connectivity index (χ2v) is 9.63. The summed E-state index contributed by atoms with van der Waals surface area (Å²) in [5.74, 6) is -0.313. The molecular weight excluding hydrogens is 432 g/mol. The quantitative estimate of drug-likeness (QED) is 0.484. The van der Waals surface area contributed by atoms with Crippen molar-refractivity contribution in [2.75, 3.05) is 0 Å². The molecule has 0 fully saturated rings. The van der Waals surface area contributed by atoms with Gasteiger partial charge in [0.05, 0.1) is 6.42 Å². The van der Waals surface area contributed by atoms with E-state index in [-0.39, 0.29) is 18.2 Å². The van der Waals surface area contributed by atoms with Crippen LogP contribution in [-0.4, -0.2) is 28.3 Å². The highest BCUT2D eigenvalue weighted by atomic mass is 35.5. The molecule has 2 amide bonds. The lowest BCUT2D eigenvalue weighted by atomic mass is 10.00. The van der Waals surface area contributed by atoms with Gasteiger partial charge in [0.15, 0.2) is 0 Å². The zero-order valence-electron chi connectivity index (χ0n) is 19.4. The molecule has 1 atom stereocenters. The minimum absolute atomic E-state index is 0.126. The van der Waals surface area contributed by atoms with Gasteiger partial charge in [0.2, 0.25) is 11.8 Å². The number of hydrogen-bond donors (Lipinski definition) is 1. The van der Waals surface area contributed by atoms with Crippen molar-refractivity contribution in [1.29, 1.82) is 0 Å². The third-order valence-corrected chi connectivity index (χ3v) is 5.63. The van der Waals surface area contributed by atoms with Crippen LogP contribution in [0.25, 0.3) is 0 Å². The van der Waals surface area contributed by atoms with Crippen molar-refractivity contribution in [1.82, 2.24) is 10.2 Å². The van der Waals surface area contributed by atoms with Crippen LogP contribution in [-0.2, 0) is 29.0 Å². The fourth-order valence-corrected chi connectivity index (χ4v) is 3.90. The summed E-state index contributed by atoms with van der Waals surface area (Å²) in [7, 11) is 0. The van der Waals surface area contributed by atoms with E-state index >= 15 is 0 Å². The average Bonchev–Trinajstić information content (AvgIpc) is 2.78. The van der Waals surface area contributed by atoms with Gasteiger partial charge < -0.3 is 10.2 Å². The van der Waals surface area contributed by atoms with Gasteiger partial charge in [0, 0.05) is 23.5 Å². The second kappa shape index (κ2) is 11.2. The zero-order chi connectivity index (χ0) is 23.8. The Hall–Kier alpha value is -3.11. The number of rotatable bonds is 8. The van der Waals surface area contributed by atoms with E-state index in [0.29, 0.717) is 18.0 Å². The fraction of sp³-hybridized carbons (Fsp3) is 0.286. The van der Waals surface area contributed by atoms with Crippen LogP contribution in [0.5, 0.6) is 0 Å². The number of nitrogens with one attached hydrogen (secondary N) is 1. The molecule has 172 valence electrons. The minimum Gasteiger partial charge on any atom is -0.350 e. The Kier molecular flexibility index (Phi) is 8.29. The van der Waals surface area contributed by atoms with E-state index in [4.69, 9.17) is 11.6 Å². The molecule has 0 saturated carbocycles. The summed E-state index contributed by atoms with van der Waals surface area (Å²) < 4.78 is 0. The molecule has 3 rings (SSSR count). The van der Waals surface area contributed by atoms with Gasteiger partial charge in [-0.2, -0.15) is 0 Å². The molecule has 0 heterocycles. The first-order valence-electron chi connectivity index (χ1n) is 11.2. The number of carbonyl (C=O) groups is 2. The van der Waals surface area contributed by atoms with Crippen LogP contribution in [0.2, 0.25) is 5.02 Å². The summed E-state index contributed by atoms with van der Waals surface area (Å²) in [6, 6.07) is 26.2. The van der Waals surface area contributed by atoms with Crippen molar-refractivity contribution >= 4 is 23.4 Å². The first kappa shape index (κ1) is 24.5. The van der Waals surface area contributed by atoms with E-state index < -0.39 is 11.6 Å². The Bertz CT molecular complexity index is 1060. The molecule has 0 aliphatic carbocycles. The highest BCUT2D eigenvalue weighted by Gasteiger charge is 2.32. The smallest absolute Gasteiger partial charge is 0.243 e. The lowest BCUT2D eigenvalue weighted by molar-refractivity contribution is -0.141. The third-order valence-electron chi connectivity index (χ3n) is 5.26. The summed E-state index contributed by atoms with van der Waals surface area (Å²) in [5, 5.41) is 3.62. The fourth-order valence-electron chi connectivity index (χ4n) is 3.69. The Balaban J connectivity index is 1.98. The SMILES string of the molecule is CC(C)(C)NC(=O)[C@@H](Cc1ccccc1)N(Cc1ccccc1)C(=O)Cc1ccccc1Cl. The van der Waals surface area contributed by atoms with Crippen LogP contribution >= 0.6 is 11.6 Å². The number of amides is 2. The minimum atomic E-state index is -0.665. The van der Waals surface area contributed by atoms with Gasteiger partial charge in [-0.05, 0) is 43.5 Å². The maximum absolute atomic E-state index is 13.7. The van der Waals surface area contributed by atoms with E-state index in [1.807, 2.05) is 99.6 Å². The predicted octanol–water partition coefficient (Wildman–Crippen LogP) is 5.44. The molecule has 33 heavy (non-hydrogen) atoms. The number of carbonyl (C=O) groups excluding carboxylic acids is 2. The van der Waals surface area contributed by atoms with Crippen molar-refractivity contribution < 1.29 is 9.59 Å². The zero-order valence-corrected chi connectivity index (χ0v) is 20.2. The largest absolute Gasteiger partial charge is 0.350 e. The molecule has 4 nitrogen and oxygen atoms in total. The summed E-state index contributed by atoms with van der Waals surface area (Å²) >= 11 is 6.34. The van der Waals surface area contributed by atoms with Gasteiger partial charge in [0.25, 0.3) is 0 Å². The maximum Gasteiger partial charge on any atom is 0.243 e. The number of hydrogen-bond acceptors (Lipinski definition) is 2. The maximum atomic E-state index is 13.7. The van der Waals surface area contributed by atoms with Gasteiger partial charge in [0.1, 0.15) is 6.04 Å². The van der Waals surface area contributed by atoms with Crippen LogP contribution in [0.1, 0.15) is 37.5 Å². The summed E-state index contributed by atoms with van der Waals surface area (Å²) in [6.07, 6.45) is 0.546. The van der Waals surface area contributed by atoms with Gasteiger partial charge in [-0.3, -0.25) is 9.59 Å². The van der Waals surface area contributed by atoms with Crippen LogP contribution in [0.4, 0.5) is 0 Å². The van der Waals surface area contributed by atoms with E-state index in [0.717, 1.165) is 16.7 Å². The number of nitrogens with zero attached hydrogens (tertiary/aromatic N) is 1. The van der Waals surface area contributed by atoms with Gasteiger partial charge in [-0.25, -0.2) is 0 Å². The molecule has 5 heteroatoms. The van der Waals surface area contributed by atoms with Gasteiger partial charge in [-0.1, -0.05) is 90.5 Å². The normalized spacial score (nSPS) is 12.1. The van der Waals surface area contributed by atoms with Crippen molar-refractivity contribution in [3.63, 3.8) is 0 Å². The predicted molar refractivity (Wildman–Crippen MR) is 134 cm³/mol.